The van der Waals surface area contributed by atoms with E-state index in [1.807, 2.05) is 19.0 Å². The van der Waals surface area contributed by atoms with Crippen molar-refractivity contribution in [2.75, 3.05) is 34.3 Å². The molecule has 1 aromatic rings. The molecule has 1 fully saturated rings. The zero-order chi connectivity index (χ0) is 14.0. The van der Waals surface area contributed by atoms with Gasteiger partial charge in [0.2, 0.25) is 5.88 Å². The van der Waals surface area contributed by atoms with Crippen molar-refractivity contribution >= 4 is 5.91 Å². The monoisotopic (exact) mass is 265 g/mol. The van der Waals surface area contributed by atoms with Gasteiger partial charge >= 0.3 is 0 Å². The summed E-state index contributed by atoms with van der Waals surface area (Å²) in [5, 5.41) is 9.97. The molecule has 6 heteroatoms. The molecule has 0 aromatic carbocycles. The Morgan fingerprint density at radius 3 is 2.84 bits per heavy atom. The molecule has 6 nitrogen and oxygen atoms in total. The summed E-state index contributed by atoms with van der Waals surface area (Å²) in [6, 6.07) is 3.35. The summed E-state index contributed by atoms with van der Waals surface area (Å²) in [7, 11) is 5.28. The van der Waals surface area contributed by atoms with E-state index in [1.54, 1.807) is 23.2 Å². The Kier molecular flexibility index (Phi) is 4.01. The molecule has 0 aliphatic carbocycles. The third-order valence-corrected chi connectivity index (χ3v) is 3.40. The lowest BCUT2D eigenvalue weighted by molar-refractivity contribution is 0.0760. The van der Waals surface area contributed by atoms with Crippen LogP contribution in [-0.2, 0) is 0 Å². The van der Waals surface area contributed by atoms with Crippen molar-refractivity contribution in [3.05, 3.63) is 23.9 Å². The van der Waals surface area contributed by atoms with Crippen LogP contribution in [0.2, 0.25) is 0 Å². The van der Waals surface area contributed by atoms with Crippen LogP contribution in [0.5, 0.6) is 5.88 Å². The van der Waals surface area contributed by atoms with Crippen LogP contribution in [0.15, 0.2) is 18.3 Å². The summed E-state index contributed by atoms with van der Waals surface area (Å²) in [5.41, 5.74) is 0.427. The van der Waals surface area contributed by atoms with Gasteiger partial charge in [0.1, 0.15) is 5.56 Å². The second-order valence-corrected chi connectivity index (χ2v) is 4.87. The van der Waals surface area contributed by atoms with Gasteiger partial charge in [-0.2, -0.15) is 0 Å². The predicted octanol–water partition coefficient (Wildman–Crippen LogP) is -0.163. The summed E-state index contributed by atoms with van der Waals surface area (Å²) in [5.74, 6) is 0.156. The molecule has 1 aliphatic heterocycles. The van der Waals surface area contributed by atoms with Crippen LogP contribution in [0.4, 0.5) is 0 Å². The van der Waals surface area contributed by atoms with Crippen LogP contribution in [0.3, 0.4) is 0 Å². The lowest BCUT2D eigenvalue weighted by atomic mass is 10.2. The lowest BCUT2D eigenvalue weighted by Crippen LogP contribution is -2.38. The average molecular weight is 265 g/mol. The summed E-state index contributed by atoms with van der Waals surface area (Å²) < 4.78 is 5.10. The zero-order valence-corrected chi connectivity index (χ0v) is 11.4. The molecule has 2 atom stereocenters. The lowest BCUT2D eigenvalue weighted by Gasteiger charge is -2.21. The molecule has 19 heavy (non-hydrogen) atoms. The molecule has 0 spiro atoms. The molecule has 1 amide bonds. The molecular weight excluding hydrogens is 246 g/mol. The van der Waals surface area contributed by atoms with Crippen LogP contribution in [0.1, 0.15) is 10.4 Å². The highest BCUT2D eigenvalue weighted by Gasteiger charge is 2.36. The quantitative estimate of drug-likeness (QED) is 0.822. The van der Waals surface area contributed by atoms with E-state index in [1.165, 1.54) is 7.11 Å². The first-order valence-electron chi connectivity index (χ1n) is 6.17. The number of amides is 1. The number of rotatable bonds is 3. The van der Waals surface area contributed by atoms with E-state index in [9.17, 15) is 9.90 Å². The highest BCUT2D eigenvalue weighted by Crippen LogP contribution is 2.21. The Morgan fingerprint density at radius 1 is 1.53 bits per heavy atom. The molecule has 1 aromatic heterocycles. The molecule has 2 heterocycles. The van der Waals surface area contributed by atoms with Gasteiger partial charge in [-0.05, 0) is 26.2 Å². The fraction of sp³-hybridized carbons (Fsp3) is 0.538. The van der Waals surface area contributed by atoms with Gasteiger partial charge in [0, 0.05) is 19.3 Å². The fourth-order valence-electron chi connectivity index (χ4n) is 2.33. The molecule has 1 aliphatic rings. The van der Waals surface area contributed by atoms with Gasteiger partial charge < -0.3 is 19.6 Å². The van der Waals surface area contributed by atoms with Crippen molar-refractivity contribution in [2.45, 2.75) is 12.1 Å². The Labute approximate surface area is 112 Å². The van der Waals surface area contributed by atoms with E-state index in [4.69, 9.17) is 4.74 Å². The number of hydrogen-bond acceptors (Lipinski definition) is 5. The number of methoxy groups -OCH3 is 1. The van der Waals surface area contributed by atoms with Gasteiger partial charge in [-0.25, -0.2) is 4.98 Å². The number of carbonyl (C=O) groups excluding carboxylic acids is 1. The number of carbonyl (C=O) groups is 1. The number of aliphatic hydroxyl groups is 1. The smallest absolute Gasteiger partial charge is 0.259 e. The third kappa shape index (κ3) is 2.69. The number of likely N-dealkylation sites (N-methyl/N-ethyl adjacent to an activating group) is 1. The number of pyridine rings is 1. The van der Waals surface area contributed by atoms with Crippen molar-refractivity contribution in [3.8, 4) is 5.88 Å². The standard InChI is InChI=1S/C13H19N3O3/c1-15(2)10-7-16(8-11(10)17)13(18)9-5-4-6-14-12(9)19-3/h4-6,10-11,17H,7-8H2,1-3H3/t10-,11-/m1/s1. The van der Waals surface area contributed by atoms with Crippen molar-refractivity contribution in [1.82, 2.24) is 14.8 Å². The molecule has 0 unspecified atom stereocenters. The summed E-state index contributed by atoms with van der Waals surface area (Å²) in [6.45, 7) is 0.838. The van der Waals surface area contributed by atoms with Crippen LogP contribution >= 0.6 is 0 Å². The molecule has 104 valence electrons. The van der Waals surface area contributed by atoms with E-state index < -0.39 is 6.10 Å². The normalized spacial score (nSPS) is 22.9. The summed E-state index contributed by atoms with van der Waals surface area (Å²) in [6.07, 6.45) is 1.05. The topological polar surface area (TPSA) is 65.9 Å². The van der Waals surface area contributed by atoms with Crippen LogP contribution in [0, 0.1) is 0 Å². The van der Waals surface area contributed by atoms with Crippen LogP contribution in [-0.4, -0.2) is 72.2 Å². The molecule has 0 bridgehead atoms. The van der Waals surface area contributed by atoms with E-state index in [2.05, 4.69) is 4.98 Å². The van der Waals surface area contributed by atoms with E-state index in [-0.39, 0.29) is 11.9 Å². The number of nitrogens with zero attached hydrogens (tertiary/aromatic N) is 3. The fourth-order valence-corrected chi connectivity index (χ4v) is 2.33. The van der Waals surface area contributed by atoms with Crippen LogP contribution < -0.4 is 4.74 Å². The largest absolute Gasteiger partial charge is 0.480 e. The summed E-state index contributed by atoms with van der Waals surface area (Å²) in [4.78, 5) is 20.0. The minimum atomic E-state index is -0.526. The molecule has 0 radical (unpaired) electrons. The number of hydrogen-bond donors (Lipinski definition) is 1. The maximum atomic E-state index is 12.4. The van der Waals surface area contributed by atoms with E-state index in [0.717, 1.165) is 0 Å². The Bertz CT molecular complexity index is 464. The Balaban J connectivity index is 2.17. The van der Waals surface area contributed by atoms with E-state index in [0.29, 0.717) is 24.5 Å². The molecule has 1 saturated heterocycles. The Morgan fingerprint density at radius 2 is 2.26 bits per heavy atom. The molecule has 2 rings (SSSR count). The van der Waals surface area contributed by atoms with Gasteiger partial charge in [0.25, 0.3) is 5.91 Å². The van der Waals surface area contributed by atoms with Gasteiger partial charge in [0.05, 0.1) is 19.3 Å². The second-order valence-electron chi connectivity index (χ2n) is 4.87. The first kappa shape index (κ1) is 13.8. The zero-order valence-electron chi connectivity index (χ0n) is 11.4. The highest BCUT2D eigenvalue weighted by atomic mass is 16.5. The number of aliphatic hydroxyl groups excluding tert-OH is 1. The predicted molar refractivity (Wildman–Crippen MR) is 70.2 cm³/mol. The molecule has 1 N–H and O–H groups in total. The average Bonchev–Trinajstić information content (AvgIpc) is 2.80. The van der Waals surface area contributed by atoms with Crippen molar-refractivity contribution < 1.29 is 14.6 Å². The minimum absolute atomic E-state index is 0.0355. The van der Waals surface area contributed by atoms with Crippen molar-refractivity contribution in [3.63, 3.8) is 0 Å². The van der Waals surface area contributed by atoms with Gasteiger partial charge in [-0.1, -0.05) is 0 Å². The Hall–Kier alpha value is -1.66. The first-order valence-corrected chi connectivity index (χ1v) is 6.17. The number of likely N-dealkylation sites (tertiary alicyclic amines) is 1. The van der Waals surface area contributed by atoms with E-state index >= 15 is 0 Å². The highest BCUT2D eigenvalue weighted by molar-refractivity contribution is 5.96. The third-order valence-electron chi connectivity index (χ3n) is 3.40. The van der Waals surface area contributed by atoms with Crippen LogP contribution in [0.25, 0.3) is 0 Å². The SMILES string of the molecule is COc1ncccc1C(=O)N1C[C@@H](O)[C@H](N(C)C)C1. The number of aromatic nitrogens is 1. The second kappa shape index (κ2) is 5.54. The van der Waals surface area contributed by atoms with Crippen molar-refractivity contribution in [1.29, 1.82) is 0 Å². The first-order chi connectivity index (χ1) is 9.04. The molecular formula is C13H19N3O3. The maximum Gasteiger partial charge on any atom is 0.259 e. The summed E-state index contributed by atoms with van der Waals surface area (Å²) >= 11 is 0. The van der Waals surface area contributed by atoms with Crippen molar-refractivity contribution in [2.24, 2.45) is 0 Å². The van der Waals surface area contributed by atoms with Gasteiger partial charge in [0.15, 0.2) is 0 Å². The number of β-amino-alcohol motifs (C(OH)–C–C–N with tert-alkyl or cyclic N) is 1. The maximum absolute atomic E-state index is 12.4. The van der Waals surface area contributed by atoms with Gasteiger partial charge in [-0.15, -0.1) is 0 Å². The number of ether oxygens (including phenoxy) is 1. The van der Waals surface area contributed by atoms with Gasteiger partial charge in [-0.3, -0.25) is 4.79 Å². The molecule has 0 saturated carbocycles. The minimum Gasteiger partial charge on any atom is -0.480 e.